The number of ether oxygens (including phenoxy) is 1. The molecule has 0 radical (unpaired) electrons. The maximum absolute atomic E-state index is 12.7. The van der Waals surface area contributed by atoms with Gasteiger partial charge in [0.15, 0.2) is 6.21 Å². The van der Waals surface area contributed by atoms with Gasteiger partial charge in [-0.25, -0.2) is 4.79 Å². The van der Waals surface area contributed by atoms with Crippen molar-refractivity contribution < 1.29 is 18.7 Å². The quantitative estimate of drug-likeness (QED) is 0.0971. The van der Waals surface area contributed by atoms with Crippen molar-refractivity contribution in [2.24, 2.45) is 0 Å². The molecule has 156 valence electrons. The molecular formula is C23H31NO4Si. The van der Waals surface area contributed by atoms with Crippen molar-refractivity contribution in [2.45, 2.75) is 58.2 Å². The minimum Gasteiger partial charge on any atom is -0.618 e. The van der Waals surface area contributed by atoms with Gasteiger partial charge in [0.1, 0.15) is 5.75 Å². The minimum atomic E-state index is -2.40. The second kappa shape index (κ2) is 9.74. The molecule has 0 aliphatic rings. The molecule has 0 aliphatic carbocycles. The molecule has 0 heterocycles. The molecule has 0 unspecified atom stereocenters. The first-order valence-electron chi connectivity index (χ1n) is 10.0. The number of carbonyl (C=O) groups excluding carboxylic acids is 1. The average Bonchev–Trinajstić information content (AvgIpc) is 2.67. The summed E-state index contributed by atoms with van der Waals surface area (Å²) in [6.45, 7) is 12.6. The molecule has 2 rings (SSSR count). The molecule has 29 heavy (non-hydrogen) atoms. The third-order valence-electron chi connectivity index (χ3n) is 5.35. The minimum absolute atomic E-state index is 0.257. The van der Waals surface area contributed by atoms with E-state index >= 15 is 0 Å². The number of hydrogen-bond acceptors (Lipinski definition) is 4. The van der Waals surface area contributed by atoms with Gasteiger partial charge in [-0.15, -0.1) is 0 Å². The lowest BCUT2D eigenvalue weighted by Crippen LogP contribution is -2.49. The molecule has 0 saturated heterocycles. The van der Waals surface area contributed by atoms with Crippen molar-refractivity contribution in [1.82, 2.24) is 0 Å². The van der Waals surface area contributed by atoms with Crippen LogP contribution in [0.15, 0.2) is 54.6 Å². The Morgan fingerprint density at radius 2 is 1.41 bits per heavy atom. The Labute approximate surface area is 174 Å². The Morgan fingerprint density at radius 1 is 0.897 bits per heavy atom. The highest BCUT2D eigenvalue weighted by Crippen LogP contribution is 2.42. The number of para-hydroxylation sites is 2. The molecule has 0 aliphatic heterocycles. The predicted molar refractivity (Wildman–Crippen MR) is 119 cm³/mol. The molecule has 0 fully saturated rings. The second-order valence-corrected chi connectivity index (χ2v) is 13.5. The smallest absolute Gasteiger partial charge is 0.500 e. The zero-order chi connectivity index (χ0) is 21.6. The van der Waals surface area contributed by atoms with Gasteiger partial charge in [0, 0.05) is 12.1 Å². The second-order valence-electron chi connectivity index (χ2n) is 8.10. The van der Waals surface area contributed by atoms with E-state index in [0.29, 0.717) is 17.0 Å². The maximum Gasteiger partial charge on any atom is 0.500 e. The van der Waals surface area contributed by atoms with Crippen molar-refractivity contribution in [1.29, 1.82) is 0 Å². The predicted octanol–water partition coefficient (Wildman–Crippen LogP) is 6.64. The van der Waals surface area contributed by atoms with E-state index in [1.807, 2.05) is 6.07 Å². The van der Waals surface area contributed by atoms with Crippen LogP contribution in [0.5, 0.6) is 5.75 Å². The standard InChI is InChI=1S/C23H31NO4Si/c1-17(2)29(18(3)4,19(5)6)28-23(25)27-22-15-11-10-12-20(22)16-24(26)21-13-8-7-9-14-21/h7-19H,1-6H3. The van der Waals surface area contributed by atoms with Crippen LogP contribution in [0.25, 0.3) is 0 Å². The van der Waals surface area contributed by atoms with E-state index in [4.69, 9.17) is 9.16 Å². The number of benzene rings is 2. The van der Waals surface area contributed by atoms with Gasteiger partial charge in [0.05, 0.1) is 5.56 Å². The molecular weight excluding hydrogens is 382 g/mol. The van der Waals surface area contributed by atoms with Crippen molar-refractivity contribution in [3.63, 3.8) is 0 Å². The molecule has 2 aromatic rings. The van der Waals surface area contributed by atoms with Crippen molar-refractivity contribution in [3.8, 4) is 5.75 Å². The summed E-state index contributed by atoms with van der Waals surface area (Å²) in [6.07, 6.45) is 0.696. The summed E-state index contributed by atoms with van der Waals surface area (Å²) in [5.74, 6) is 0.299. The van der Waals surface area contributed by atoms with Gasteiger partial charge in [0.25, 0.3) is 8.32 Å². The third kappa shape index (κ3) is 5.26. The Hall–Kier alpha value is -2.60. The molecule has 0 atom stereocenters. The van der Waals surface area contributed by atoms with Gasteiger partial charge in [-0.2, -0.15) is 4.74 Å². The Morgan fingerprint density at radius 3 is 1.97 bits per heavy atom. The van der Waals surface area contributed by atoms with Crippen LogP contribution in [0.3, 0.4) is 0 Å². The van der Waals surface area contributed by atoms with E-state index in [2.05, 4.69) is 41.5 Å². The first-order valence-corrected chi connectivity index (χ1v) is 12.2. The Bertz CT molecular complexity index is 825. The number of carbonyl (C=O) groups is 1. The Kier molecular flexibility index (Phi) is 7.62. The first-order chi connectivity index (χ1) is 13.7. The first kappa shape index (κ1) is 22.7. The van der Waals surface area contributed by atoms with Gasteiger partial charge in [-0.3, -0.25) is 0 Å². The third-order valence-corrected chi connectivity index (χ3v) is 11.3. The normalized spacial score (nSPS) is 12.5. The fourth-order valence-electron chi connectivity index (χ4n) is 4.06. The fourth-order valence-corrected chi connectivity index (χ4v) is 9.10. The van der Waals surface area contributed by atoms with E-state index in [0.717, 1.165) is 4.74 Å². The van der Waals surface area contributed by atoms with Crippen LogP contribution >= 0.6 is 0 Å². The lowest BCUT2D eigenvalue weighted by Gasteiger charge is -2.40. The lowest BCUT2D eigenvalue weighted by atomic mass is 10.2. The van der Waals surface area contributed by atoms with Crippen LogP contribution in [-0.2, 0) is 4.43 Å². The van der Waals surface area contributed by atoms with Crippen LogP contribution in [0.4, 0.5) is 10.5 Å². The van der Waals surface area contributed by atoms with Crippen LogP contribution in [0.2, 0.25) is 16.6 Å². The molecule has 6 heteroatoms. The average molecular weight is 414 g/mol. The molecule has 0 N–H and O–H groups in total. The van der Waals surface area contributed by atoms with Crippen molar-refractivity contribution >= 4 is 26.4 Å². The largest absolute Gasteiger partial charge is 0.618 e. The Balaban J connectivity index is 2.28. The summed E-state index contributed by atoms with van der Waals surface area (Å²) in [5.41, 5.74) is 1.77. The molecule has 0 saturated carbocycles. The van der Waals surface area contributed by atoms with Gasteiger partial charge >= 0.3 is 6.16 Å². The van der Waals surface area contributed by atoms with E-state index < -0.39 is 14.5 Å². The zero-order valence-electron chi connectivity index (χ0n) is 18.1. The summed E-state index contributed by atoms with van der Waals surface area (Å²) in [5, 5.41) is 12.4. The molecule has 0 bridgehead atoms. The van der Waals surface area contributed by atoms with Gasteiger partial charge in [-0.05, 0) is 28.8 Å². The molecule has 0 amide bonds. The van der Waals surface area contributed by atoms with E-state index in [1.54, 1.807) is 48.5 Å². The van der Waals surface area contributed by atoms with Crippen molar-refractivity contribution in [3.05, 3.63) is 65.4 Å². The van der Waals surface area contributed by atoms with Gasteiger partial charge < -0.3 is 14.4 Å². The fraction of sp³-hybridized carbons (Fsp3) is 0.391. The summed E-state index contributed by atoms with van der Waals surface area (Å²) >= 11 is 0. The molecule has 5 nitrogen and oxygen atoms in total. The number of hydrogen-bond donors (Lipinski definition) is 0. The molecule has 2 aromatic carbocycles. The van der Waals surface area contributed by atoms with Crippen LogP contribution in [0.1, 0.15) is 47.1 Å². The highest BCUT2D eigenvalue weighted by molar-refractivity contribution is 6.78. The van der Waals surface area contributed by atoms with E-state index in [-0.39, 0.29) is 16.6 Å². The number of nitrogens with zero attached hydrogens (tertiary/aromatic N) is 1. The van der Waals surface area contributed by atoms with E-state index in [1.165, 1.54) is 6.21 Å². The summed E-state index contributed by atoms with van der Waals surface area (Å²) in [7, 11) is -2.40. The maximum atomic E-state index is 12.7. The van der Waals surface area contributed by atoms with Gasteiger partial charge in [-0.1, -0.05) is 71.9 Å². The topological polar surface area (TPSA) is 61.6 Å². The zero-order valence-corrected chi connectivity index (χ0v) is 19.1. The summed E-state index contributed by atoms with van der Waals surface area (Å²) < 4.78 is 12.4. The van der Waals surface area contributed by atoms with Crippen LogP contribution < -0.4 is 4.74 Å². The monoisotopic (exact) mass is 413 g/mol. The van der Waals surface area contributed by atoms with Crippen LogP contribution in [-0.4, -0.2) is 25.4 Å². The molecule has 0 spiro atoms. The highest BCUT2D eigenvalue weighted by Gasteiger charge is 2.48. The molecule has 0 aromatic heterocycles. The lowest BCUT2D eigenvalue weighted by molar-refractivity contribution is -0.354. The van der Waals surface area contributed by atoms with E-state index in [9.17, 15) is 10.0 Å². The summed E-state index contributed by atoms with van der Waals surface area (Å²) in [4.78, 5) is 12.7. The van der Waals surface area contributed by atoms with Crippen LogP contribution in [0, 0.1) is 5.21 Å². The SMILES string of the molecule is CC(C)[Si](OC(=O)Oc1ccccc1C=[N+]([O-])c1ccccc1)(C(C)C)C(C)C. The van der Waals surface area contributed by atoms with Crippen molar-refractivity contribution in [2.75, 3.05) is 0 Å². The highest BCUT2D eigenvalue weighted by atomic mass is 28.4. The summed E-state index contributed by atoms with van der Waals surface area (Å²) in [6, 6.07) is 15.8. The van der Waals surface area contributed by atoms with Gasteiger partial charge in [0.2, 0.25) is 5.69 Å². The number of rotatable bonds is 7.